The van der Waals surface area contributed by atoms with Crippen LogP contribution in [0.5, 0.6) is 0 Å². The SMILES string of the molecule is O=C(Nc1c2c(nn1C1CCS(=O)(=O)C1)CSC2)c1cc2ccccc2o1. The van der Waals surface area contributed by atoms with E-state index >= 15 is 0 Å². The van der Waals surface area contributed by atoms with Gasteiger partial charge < -0.3 is 9.73 Å². The zero-order chi connectivity index (χ0) is 18.6. The first-order valence-electron chi connectivity index (χ1n) is 8.68. The molecule has 5 rings (SSSR count). The van der Waals surface area contributed by atoms with E-state index in [1.807, 2.05) is 24.3 Å². The highest BCUT2D eigenvalue weighted by Gasteiger charge is 2.34. The highest BCUT2D eigenvalue weighted by Crippen LogP contribution is 2.38. The number of nitrogens with one attached hydrogen (secondary N) is 1. The summed E-state index contributed by atoms with van der Waals surface area (Å²) < 4.78 is 31.2. The van der Waals surface area contributed by atoms with Crippen LogP contribution in [0, 0.1) is 0 Å². The van der Waals surface area contributed by atoms with Gasteiger partial charge in [0.05, 0.1) is 23.2 Å². The van der Waals surface area contributed by atoms with Gasteiger partial charge in [0.2, 0.25) is 0 Å². The first kappa shape index (κ1) is 16.9. The first-order valence-corrected chi connectivity index (χ1v) is 11.7. The predicted octanol–water partition coefficient (Wildman–Crippen LogP) is 2.99. The Balaban J connectivity index is 1.50. The maximum Gasteiger partial charge on any atom is 0.292 e. The number of benzene rings is 1. The largest absolute Gasteiger partial charge is 0.451 e. The van der Waals surface area contributed by atoms with E-state index in [2.05, 4.69) is 10.4 Å². The summed E-state index contributed by atoms with van der Waals surface area (Å²) in [5.74, 6) is 2.22. The van der Waals surface area contributed by atoms with Crippen LogP contribution in [-0.4, -0.2) is 35.6 Å². The van der Waals surface area contributed by atoms with Crippen LogP contribution in [-0.2, 0) is 21.3 Å². The molecule has 0 radical (unpaired) electrons. The van der Waals surface area contributed by atoms with Crippen LogP contribution in [0.25, 0.3) is 11.0 Å². The van der Waals surface area contributed by atoms with Gasteiger partial charge in [-0.05, 0) is 18.6 Å². The second-order valence-electron chi connectivity index (χ2n) is 6.87. The summed E-state index contributed by atoms with van der Waals surface area (Å²) in [6.45, 7) is 0. The van der Waals surface area contributed by atoms with Gasteiger partial charge in [0.15, 0.2) is 15.6 Å². The van der Waals surface area contributed by atoms with Crippen LogP contribution in [0.1, 0.15) is 34.3 Å². The normalized spacial score (nSPS) is 20.8. The molecule has 4 heterocycles. The zero-order valence-electron chi connectivity index (χ0n) is 14.3. The number of amides is 1. The number of thioether (sulfide) groups is 1. The molecule has 1 unspecified atom stereocenters. The van der Waals surface area contributed by atoms with Gasteiger partial charge in [0.1, 0.15) is 11.4 Å². The molecule has 7 nitrogen and oxygen atoms in total. The van der Waals surface area contributed by atoms with Crippen molar-refractivity contribution in [2.45, 2.75) is 24.0 Å². The maximum absolute atomic E-state index is 12.8. The number of fused-ring (bicyclic) bond motifs is 2. The quantitative estimate of drug-likeness (QED) is 0.722. The van der Waals surface area contributed by atoms with E-state index in [-0.39, 0.29) is 29.2 Å². The third-order valence-corrected chi connectivity index (χ3v) is 7.73. The lowest BCUT2D eigenvalue weighted by atomic mass is 10.2. The van der Waals surface area contributed by atoms with Crippen molar-refractivity contribution in [3.05, 3.63) is 47.3 Å². The molecule has 1 N–H and O–H groups in total. The number of nitrogens with zero attached hydrogens (tertiary/aromatic N) is 2. The molecule has 0 bridgehead atoms. The summed E-state index contributed by atoms with van der Waals surface area (Å²) in [6, 6.07) is 8.91. The lowest BCUT2D eigenvalue weighted by molar-refractivity contribution is 0.0997. The highest BCUT2D eigenvalue weighted by atomic mass is 32.2. The summed E-state index contributed by atoms with van der Waals surface area (Å²) in [7, 11) is -3.05. The number of anilines is 1. The van der Waals surface area contributed by atoms with Crippen molar-refractivity contribution in [3.63, 3.8) is 0 Å². The predicted molar refractivity (Wildman–Crippen MR) is 104 cm³/mol. The molecule has 1 atom stereocenters. The molecule has 1 aromatic carbocycles. The molecule has 2 aliphatic heterocycles. The lowest BCUT2D eigenvalue weighted by Gasteiger charge is -2.14. The number of aromatic nitrogens is 2. The van der Waals surface area contributed by atoms with Gasteiger partial charge in [-0.25, -0.2) is 13.1 Å². The van der Waals surface area contributed by atoms with Crippen molar-refractivity contribution in [1.82, 2.24) is 9.78 Å². The number of sulfone groups is 1. The average Bonchev–Trinajstić information content (AvgIpc) is 3.38. The van der Waals surface area contributed by atoms with Gasteiger partial charge in [0, 0.05) is 22.5 Å². The van der Waals surface area contributed by atoms with Crippen LogP contribution in [0.2, 0.25) is 0 Å². The molecular weight excluding hydrogens is 386 g/mol. The fourth-order valence-electron chi connectivity index (χ4n) is 3.66. The van der Waals surface area contributed by atoms with E-state index in [4.69, 9.17) is 4.42 Å². The highest BCUT2D eigenvalue weighted by molar-refractivity contribution is 7.98. The smallest absolute Gasteiger partial charge is 0.292 e. The minimum Gasteiger partial charge on any atom is -0.451 e. The molecule has 0 aliphatic carbocycles. The molecule has 140 valence electrons. The van der Waals surface area contributed by atoms with Crippen molar-refractivity contribution in [2.24, 2.45) is 0 Å². The Morgan fingerprint density at radius 1 is 1.30 bits per heavy atom. The molecule has 27 heavy (non-hydrogen) atoms. The van der Waals surface area contributed by atoms with E-state index in [9.17, 15) is 13.2 Å². The molecule has 2 aliphatic rings. The second-order valence-corrected chi connectivity index (χ2v) is 10.1. The number of carbonyl (C=O) groups is 1. The third kappa shape index (κ3) is 2.94. The first-order chi connectivity index (χ1) is 13.0. The van der Waals surface area contributed by atoms with Crippen LogP contribution >= 0.6 is 11.8 Å². The van der Waals surface area contributed by atoms with Crippen molar-refractivity contribution in [3.8, 4) is 0 Å². The van der Waals surface area contributed by atoms with Crippen LogP contribution < -0.4 is 5.32 Å². The third-order valence-electron chi connectivity index (χ3n) is 5.01. The Kier molecular flexibility index (Phi) is 3.83. The fraction of sp³-hybridized carbons (Fsp3) is 0.333. The molecule has 0 spiro atoms. The molecule has 1 amide bonds. The fourth-order valence-corrected chi connectivity index (χ4v) is 6.39. The summed E-state index contributed by atoms with van der Waals surface area (Å²) in [5.41, 5.74) is 2.55. The molecule has 3 aromatic rings. The molecule has 0 saturated carbocycles. The van der Waals surface area contributed by atoms with Crippen molar-refractivity contribution in [2.75, 3.05) is 16.8 Å². The molecular formula is C18H17N3O4S2. The van der Waals surface area contributed by atoms with Crippen molar-refractivity contribution in [1.29, 1.82) is 0 Å². The van der Waals surface area contributed by atoms with Crippen molar-refractivity contribution >= 4 is 44.3 Å². The van der Waals surface area contributed by atoms with E-state index in [0.29, 0.717) is 17.8 Å². The van der Waals surface area contributed by atoms with E-state index < -0.39 is 9.84 Å². The number of hydrogen-bond acceptors (Lipinski definition) is 6. The van der Waals surface area contributed by atoms with Gasteiger partial charge in [-0.2, -0.15) is 16.9 Å². The van der Waals surface area contributed by atoms with E-state index in [1.54, 1.807) is 22.5 Å². The standard InChI is InChI=1S/C18H17N3O4S2/c22-18(16-7-11-3-1-2-4-15(11)25-16)19-17-13-8-26-9-14(13)20-21(17)12-5-6-27(23,24)10-12/h1-4,7,12H,5-6,8-10H2,(H,19,22). The summed E-state index contributed by atoms with van der Waals surface area (Å²) >= 11 is 1.73. The Morgan fingerprint density at radius 2 is 2.15 bits per heavy atom. The average molecular weight is 403 g/mol. The Labute approximate surface area is 160 Å². The van der Waals surface area contributed by atoms with Gasteiger partial charge in [0.25, 0.3) is 5.91 Å². The summed E-state index contributed by atoms with van der Waals surface area (Å²) in [4.78, 5) is 12.8. The van der Waals surface area contributed by atoms with E-state index in [1.165, 1.54) is 0 Å². The number of carbonyl (C=O) groups excluding carboxylic acids is 1. The summed E-state index contributed by atoms with van der Waals surface area (Å²) in [5, 5.41) is 8.41. The minimum absolute atomic E-state index is 0.0637. The number of para-hydroxylation sites is 1. The van der Waals surface area contributed by atoms with Gasteiger partial charge in [-0.15, -0.1) is 0 Å². The monoisotopic (exact) mass is 403 g/mol. The Hall–Kier alpha value is -2.26. The zero-order valence-corrected chi connectivity index (χ0v) is 16.0. The summed E-state index contributed by atoms with van der Waals surface area (Å²) in [6.07, 6.45) is 0.517. The van der Waals surface area contributed by atoms with Crippen molar-refractivity contribution < 1.29 is 17.6 Å². The molecule has 1 fully saturated rings. The van der Waals surface area contributed by atoms with Gasteiger partial charge >= 0.3 is 0 Å². The maximum atomic E-state index is 12.8. The number of rotatable bonds is 3. The number of furan rings is 1. The lowest BCUT2D eigenvalue weighted by Crippen LogP contribution is -2.20. The molecule has 9 heteroatoms. The number of hydrogen-bond donors (Lipinski definition) is 1. The Morgan fingerprint density at radius 3 is 2.93 bits per heavy atom. The van der Waals surface area contributed by atoms with Crippen LogP contribution in [0.15, 0.2) is 34.7 Å². The minimum atomic E-state index is -3.05. The second kappa shape index (κ2) is 6.13. The Bertz CT molecular complexity index is 1130. The molecule has 1 saturated heterocycles. The molecule has 2 aromatic heterocycles. The van der Waals surface area contributed by atoms with Gasteiger partial charge in [-0.1, -0.05) is 18.2 Å². The topological polar surface area (TPSA) is 94.2 Å². The van der Waals surface area contributed by atoms with Crippen LogP contribution in [0.3, 0.4) is 0 Å². The van der Waals surface area contributed by atoms with Crippen LogP contribution in [0.4, 0.5) is 5.82 Å². The van der Waals surface area contributed by atoms with Gasteiger partial charge in [-0.3, -0.25) is 4.79 Å². The van der Waals surface area contributed by atoms with E-state index in [0.717, 1.165) is 28.1 Å².